The summed E-state index contributed by atoms with van der Waals surface area (Å²) in [5, 5.41) is 3.94. The van der Waals surface area contributed by atoms with Gasteiger partial charge >= 0.3 is 6.03 Å². The molecule has 4 nitrogen and oxygen atoms in total. The van der Waals surface area contributed by atoms with Crippen LogP contribution in [0, 0.1) is 12.8 Å². The van der Waals surface area contributed by atoms with Gasteiger partial charge in [-0.05, 0) is 60.9 Å². The van der Waals surface area contributed by atoms with Gasteiger partial charge in [0.25, 0.3) is 0 Å². The molecule has 30 heavy (non-hydrogen) atoms. The van der Waals surface area contributed by atoms with Crippen molar-refractivity contribution in [2.75, 3.05) is 19.6 Å². The predicted molar refractivity (Wildman–Crippen MR) is 119 cm³/mol. The highest BCUT2D eigenvalue weighted by atomic mass is 19.1. The number of hydrogen-bond acceptors (Lipinski definition) is 2. The number of hydrogen-bond donors (Lipinski definition) is 1. The molecule has 0 spiro atoms. The summed E-state index contributed by atoms with van der Waals surface area (Å²) >= 11 is 0. The minimum absolute atomic E-state index is 0.0454. The van der Waals surface area contributed by atoms with Crippen LogP contribution in [-0.4, -0.2) is 35.5 Å². The number of alkyl halides is 1. The number of amides is 2. The molecule has 1 unspecified atom stereocenters. The topological polar surface area (TPSA) is 45.2 Å². The summed E-state index contributed by atoms with van der Waals surface area (Å²) in [6, 6.07) is 16.0. The zero-order chi connectivity index (χ0) is 21.1. The molecule has 0 bridgehead atoms. The van der Waals surface area contributed by atoms with Crippen molar-refractivity contribution in [1.82, 2.24) is 15.2 Å². The SMILES string of the molecule is CCNC(=O)N1CCC(C(F)c2ccc(-c3ccc4cccnc4c3C)cc2)CC1. The number of aromatic nitrogens is 1. The predicted octanol–water partition coefficient (Wildman–Crippen LogP) is 5.66. The number of carbonyl (C=O) groups excluding carboxylic acids is 1. The van der Waals surface area contributed by atoms with Gasteiger partial charge in [0.05, 0.1) is 5.52 Å². The number of rotatable bonds is 4. The molecular formula is C25H28FN3O. The summed E-state index contributed by atoms with van der Waals surface area (Å²) in [7, 11) is 0. The normalized spacial score (nSPS) is 15.9. The molecule has 0 aliphatic carbocycles. The zero-order valence-electron chi connectivity index (χ0n) is 17.6. The van der Waals surface area contributed by atoms with Crippen molar-refractivity contribution in [2.24, 2.45) is 5.92 Å². The molecule has 0 saturated carbocycles. The molecule has 4 rings (SSSR count). The first-order valence-corrected chi connectivity index (χ1v) is 10.7. The third-order valence-electron chi connectivity index (χ3n) is 6.14. The maximum Gasteiger partial charge on any atom is 0.317 e. The van der Waals surface area contributed by atoms with Crippen molar-refractivity contribution in [3.05, 3.63) is 65.9 Å². The van der Waals surface area contributed by atoms with Gasteiger partial charge in [0, 0.05) is 31.2 Å². The molecule has 1 aromatic heterocycles. The molecule has 1 atom stereocenters. The summed E-state index contributed by atoms with van der Waals surface area (Å²) in [6.45, 7) is 5.82. The Bertz CT molecular complexity index is 1030. The largest absolute Gasteiger partial charge is 0.338 e. The lowest BCUT2D eigenvalue weighted by Crippen LogP contribution is -2.44. The number of fused-ring (bicyclic) bond motifs is 1. The summed E-state index contributed by atoms with van der Waals surface area (Å²) in [5.74, 6) is -0.0480. The second kappa shape index (κ2) is 8.82. The molecule has 1 aliphatic rings. The second-order valence-electron chi connectivity index (χ2n) is 8.00. The lowest BCUT2D eigenvalue weighted by molar-refractivity contribution is 0.129. The van der Waals surface area contributed by atoms with Gasteiger partial charge < -0.3 is 10.2 Å². The molecule has 156 valence electrons. The Hall–Kier alpha value is -2.95. The van der Waals surface area contributed by atoms with Crippen molar-refractivity contribution < 1.29 is 9.18 Å². The average Bonchev–Trinajstić information content (AvgIpc) is 2.79. The van der Waals surface area contributed by atoms with Gasteiger partial charge in [-0.2, -0.15) is 0 Å². The molecule has 1 N–H and O–H groups in total. The van der Waals surface area contributed by atoms with Crippen LogP contribution in [0.2, 0.25) is 0 Å². The summed E-state index contributed by atoms with van der Waals surface area (Å²) in [6.07, 6.45) is 2.19. The molecule has 1 saturated heterocycles. The van der Waals surface area contributed by atoms with Gasteiger partial charge in [-0.25, -0.2) is 9.18 Å². The first kappa shape index (κ1) is 20.3. The first-order chi connectivity index (χ1) is 14.6. The van der Waals surface area contributed by atoms with Gasteiger partial charge in [-0.15, -0.1) is 0 Å². The number of piperidine rings is 1. The van der Waals surface area contributed by atoms with E-state index in [1.807, 2.05) is 43.5 Å². The number of benzene rings is 2. The lowest BCUT2D eigenvalue weighted by Gasteiger charge is -2.33. The van der Waals surface area contributed by atoms with E-state index in [2.05, 4.69) is 35.4 Å². The molecule has 2 amide bonds. The number of aryl methyl sites for hydroxylation is 1. The van der Waals surface area contributed by atoms with Crippen LogP contribution in [-0.2, 0) is 0 Å². The smallest absolute Gasteiger partial charge is 0.317 e. The Kier molecular flexibility index (Phi) is 5.98. The molecule has 2 heterocycles. The third-order valence-corrected chi connectivity index (χ3v) is 6.14. The quantitative estimate of drug-likeness (QED) is 0.608. The number of halogens is 1. The maximum atomic E-state index is 15.2. The standard InChI is InChI=1S/C25H28FN3O/c1-3-27-25(30)29-15-12-20(13-16-29)23(26)19-8-6-18(7-9-19)22-11-10-21-5-4-14-28-24(21)17(22)2/h4-11,14,20,23H,3,12-13,15-16H2,1-2H3,(H,27,30). The number of pyridine rings is 1. The van der Waals surface area contributed by atoms with Gasteiger partial charge in [0.15, 0.2) is 0 Å². The molecule has 1 fully saturated rings. The molecule has 1 aliphatic heterocycles. The number of urea groups is 1. The fourth-order valence-electron chi connectivity index (χ4n) is 4.38. The molecule has 3 aromatic rings. The highest BCUT2D eigenvalue weighted by molar-refractivity contribution is 5.88. The number of nitrogens with one attached hydrogen (secondary N) is 1. The average molecular weight is 406 g/mol. The second-order valence-corrected chi connectivity index (χ2v) is 8.00. The van der Waals surface area contributed by atoms with Crippen molar-refractivity contribution in [2.45, 2.75) is 32.9 Å². The zero-order valence-corrected chi connectivity index (χ0v) is 17.6. The van der Waals surface area contributed by atoms with Crippen LogP contribution in [0.25, 0.3) is 22.0 Å². The van der Waals surface area contributed by atoms with Crippen LogP contribution in [0.5, 0.6) is 0 Å². The van der Waals surface area contributed by atoms with Crippen molar-refractivity contribution in [3.8, 4) is 11.1 Å². The van der Waals surface area contributed by atoms with Gasteiger partial charge in [0.1, 0.15) is 6.17 Å². The minimum Gasteiger partial charge on any atom is -0.338 e. The van der Waals surface area contributed by atoms with Crippen molar-refractivity contribution >= 4 is 16.9 Å². The first-order valence-electron chi connectivity index (χ1n) is 10.7. The Morgan fingerprint density at radius 3 is 2.60 bits per heavy atom. The van der Waals surface area contributed by atoms with Gasteiger partial charge in [0.2, 0.25) is 0 Å². The van der Waals surface area contributed by atoms with E-state index in [9.17, 15) is 4.79 Å². The lowest BCUT2D eigenvalue weighted by atomic mass is 9.87. The summed E-state index contributed by atoms with van der Waals surface area (Å²) in [5.41, 5.74) is 5.05. The monoisotopic (exact) mass is 405 g/mol. The summed E-state index contributed by atoms with van der Waals surface area (Å²) in [4.78, 5) is 18.2. The van der Waals surface area contributed by atoms with Crippen molar-refractivity contribution in [1.29, 1.82) is 0 Å². The van der Waals surface area contributed by atoms with E-state index in [0.717, 1.165) is 27.6 Å². The fourth-order valence-corrected chi connectivity index (χ4v) is 4.38. The van der Waals surface area contributed by atoms with E-state index in [1.54, 1.807) is 4.90 Å². The number of carbonyl (C=O) groups is 1. The fraction of sp³-hybridized carbons (Fsp3) is 0.360. The van der Waals surface area contributed by atoms with Crippen LogP contribution in [0.4, 0.5) is 9.18 Å². The van der Waals surface area contributed by atoms with Gasteiger partial charge in [-0.3, -0.25) is 4.98 Å². The van der Waals surface area contributed by atoms with Gasteiger partial charge in [-0.1, -0.05) is 42.5 Å². The maximum absolute atomic E-state index is 15.2. The van der Waals surface area contributed by atoms with Crippen LogP contribution in [0.1, 0.15) is 37.1 Å². The minimum atomic E-state index is -1.00. The Morgan fingerprint density at radius 1 is 1.17 bits per heavy atom. The Labute approximate surface area is 177 Å². The third kappa shape index (κ3) is 4.02. The van der Waals surface area contributed by atoms with Crippen LogP contribution in [0.15, 0.2) is 54.7 Å². The Balaban J connectivity index is 1.46. The van der Waals surface area contributed by atoms with E-state index in [1.165, 1.54) is 0 Å². The van der Waals surface area contributed by atoms with E-state index in [0.29, 0.717) is 38.0 Å². The highest BCUT2D eigenvalue weighted by Gasteiger charge is 2.29. The molecular weight excluding hydrogens is 377 g/mol. The van der Waals surface area contributed by atoms with E-state index in [-0.39, 0.29) is 11.9 Å². The Morgan fingerprint density at radius 2 is 1.90 bits per heavy atom. The van der Waals surface area contributed by atoms with E-state index < -0.39 is 6.17 Å². The van der Waals surface area contributed by atoms with E-state index in [4.69, 9.17) is 0 Å². The van der Waals surface area contributed by atoms with E-state index >= 15 is 4.39 Å². The molecule has 0 radical (unpaired) electrons. The number of nitrogens with zero attached hydrogens (tertiary/aromatic N) is 2. The van der Waals surface area contributed by atoms with Crippen LogP contribution < -0.4 is 5.32 Å². The highest BCUT2D eigenvalue weighted by Crippen LogP contribution is 2.35. The molecule has 2 aromatic carbocycles. The van der Waals surface area contributed by atoms with Crippen LogP contribution in [0.3, 0.4) is 0 Å². The molecule has 5 heteroatoms. The number of likely N-dealkylation sites (tertiary alicyclic amines) is 1. The van der Waals surface area contributed by atoms with Crippen LogP contribution >= 0.6 is 0 Å². The van der Waals surface area contributed by atoms with Crippen molar-refractivity contribution in [3.63, 3.8) is 0 Å². The summed E-state index contributed by atoms with van der Waals surface area (Å²) < 4.78 is 15.2.